The molecule has 0 atom stereocenters. The second-order valence-corrected chi connectivity index (χ2v) is 9.54. The third kappa shape index (κ3) is 4.04. The molecule has 29 heavy (non-hydrogen) atoms. The fraction of sp³-hybridized carbons (Fsp3) is 0.708. The van der Waals surface area contributed by atoms with Crippen molar-refractivity contribution >= 4 is 11.0 Å². The highest BCUT2D eigenvalue weighted by Crippen LogP contribution is 2.38. The number of aromatic amines is 1. The third-order valence-electron chi connectivity index (χ3n) is 7.49. The average Bonchev–Trinajstić information content (AvgIpc) is 3.02. The van der Waals surface area contributed by atoms with E-state index < -0.39 is 0 Å². The fourth-order valence-corrected chi connectivity index (χ4v) is 5.39. The van der Waals surface area contributed by atoms with Gasteiger partial charge in [0, 0.05) is 31.3 Å². The van der Waals surface area contributed by atoms with Crippen LogP contribution in [0.3, 0.4) is 0 Å². The van der Waals surface area contributed by atoms with E-state index in [1.165, 1.54) is 36.8 Å². The highest BCUT2D eigenvalue weighted by atomic mass is 16.5. The van der Waals surface area contributed by atoms with Gasteiger partial charge in [-0.25, -0.2) is 4.79 Å². The number of aromatic nitrogens is 2. The first kappa shape index (κ1) is 20.7. The van der Waals surface area contributed by atoms with E-state index in [1.807, 2.05) is 4.57 Å². The molecular weight excluding hydrogens is 362 g/mol. The van der Waals surface area contributed by atoms with Crippen molar-refractivity contribution in [2.75, 3.05) is 19.7 Å². The van der Waals surface area contributed by atoms with E-state index in [0.717, 1.165) is 50.0 Å². The van der Waals surface area contributed by atoms with Crippen LogP contribution in [0.25, 0.3) is 11.0 Å². The van der Waals surface area contributed by atoms with Crippen molar-refractivity contribution in [1.29, 1.82) is 0 Å². The highest BCUT2D eigenvalue weighted by molar-refractivity contribution is 5.77. The number of benzene rings is 1. The zero-order valence-corrected chi connectivity index (χ0v) is 18.6. The van der Waals surface area contributed by atoms with Gasteiger partial charge in [-0.1, -0.05) is 6.92 Å². The molecule has 2 aliphatic rings. The minimum absolute atomic E-state index is 0.0447. The number of ether oxygens (including phenoxy) is 1. The molecule has 1 aliphatic carbocycles. The first-order valence-corrected chi connectivity index (χ1v) is 11.5. The molecule has 0 unspecified atom stereocenters. The molecule has 1 aromatic heterocycles. The lowest BCUT2D eigenvalue weighted by Crippen LogP contribution is -2.53. The van der Waals surface area contributed by atoms with E-state index in [4.69, 9.17) is 4.74 Å². The summed E-state index contributed by atoms with van der Waals surface area (Å²) in [5, 5.41) is 0. The fourth-order valence-electron chi connectivity index (χ4n) is 5.39. The Bertz CT molecular complexity index is 897. The van der Waals surface area contributed by atoms with E-state index in [-0.39, 0.29) is 11.2 Å². The third-order valence-corrected chi connectivity index (χ3v) is 7.49. The van der Waals surface area contributed by atoms with Crippen molar-refractivity contribution in [3.05, 3.63) is 33.7 Å². The molecule has 5 nitrogen and oxygen atoms in total. The Morgan fingerprint density at radius 3 is 2.41 bits per heavy atom. The second-order valence-electron chi connectivity index (χ2n) is 9.54. The summed E-state index contributed by atoms with van der Waals surface area (Å²) in [6.07, 6.45) is 8.45. The molecule has 0 radical (unpaired) electrons. The van der Waals surface area contributed by atoms with Crippen LogP contribution in [-0.2, 0) is 4.74 Å². The Morgan fingerprint density at radius 1 is 1.10 bits per heavy atom. The monoisotopic (exact) mass is 399 g/mol. The van der Waals surface area contributed by atoms with Gasteiger partial charge in [-0.15, -0.1) is 0 Å². The zero-order chi connectivity index (χ0) is 20.6. The number of rotatable bonds is 5. The molecule has 0 bridgehead atoms. The summed E-state index contributed by atoms with van der Waals surface area (Å²) >= 11 is 0. The summed E-state index contributed by atoms with van der Waals surface area (Å²) in [4.78, 5) is 18.5. The van der Waals surface area contributed by atoms with Crippen molar-refractivity contribution in [3.8, 4) is 0 Å². The number of fused-ring (bicyclic) bond motifs is 1. The summed E-state index contributed by atoms with van der Waals surface area (Å²) in [6.45, 7) is 11.9. The lowest BCUT2D eigenvalue weighted by atomic mass is 9.79. The Morgan fingerprint density at radius 2 is 1.76 bits per heavy atom. The molecule has 2 fully saturated rings. The van der Waals surface area contributed by atoms with Gasteiger partial charge >= 0.3 is 5.69 Å². The number of aryl methyl sites for hydroxylation is 2. The SMILES string of the molecule is CCCOC1CCC(C)(N2CCC(n3c(=O)[nH]c4cc(C)c(C)cc43)CC2)CC1. The van der Waals surface area contributed by atoms with Gasteiger partial charge in [-0.05, 0) is 89.0 Å². The summed E-state index contributed by atoms with van der Waals surface area (Å²) < 4.78 is 8.02. The van der Waals surface area contributed by atoms with Crippen LogP contribution in [0.2, 0.25) is 0 Å². The number of nitrogens with one attached hydrogen (secondary N) is 1. The van der Waals surface area contributed by atoms with Crippen molar-refractivity contribution in [1.82, 2.24) is 14.5 Å². The van der Waals surface area contributed by atoms with Gasteiger partial charge in [-0.3, -0.25) is 9.47 Å². The molecule has 5 heteroatoms. The lowest BCUT2D eigenvalue weighted by Gasteiger charge is -2.48. The van der Waals surface area contributed by atoms with Gasteiger partial charge in [0.05, 0.1) is 17.1 Å². The van der Waals surface area contributed by atoms with Gasteiger partial charge in [0.15, 0.2) is 0 Å². The number of likely N-dealkylation sites (tertiary alicyclic amines) is 1. The van der Waals surface area contributed by atoms with Crippen LogP contribution in [0.1, 0.15) is 76.0 Å². The molecular formula is C24H37N3O2. The number of H-pyrrole nitrogens is 1. The lowest BCUT2D eigenvalue weighted by molar-refractivity contribution is -0.0305. The smallest absolute Gasteiger partial charge is 0.326 e. The van der Waals surface area contributed by atoms with Gasteiger partial charge in [0.1, 0.15) is 0 Å². The van der Waals surface area contributed by atoms with E-state index >= 15 is 0 Å². The molecule has 1 N–H and O–H groups in total. The highest BCUT2D eigenvalue weighted by Gasteiger charge is 2.38. The molecule has 4 rings (SSSR count). The van der Waals surface area contributed by atoms with Gasteiger partial charge in [0.25, 0.3) is 0 Å². The number of nitrogens with zero attached hydrogens (tertiary/aromatic N) is 2. The molecule has 0 spiro atoms. The molecule has 0 amide bonds. The summed E-state index contributed by atoms with van der Waals surface area (Å²) in [7, 11) is 0. The molecule has 160 valence electrons. The molecule has 1 aromatic carbocycles. The standard InChI is InChI=1S/C24H37N3O2/c1-5-14-29-20-6-10-24(4,11-7-20)26-12-8-19(9-13-26)27-22-16-18(3)17(2)15-21(22)25-23(27)28/h15-16,19-20H,5-14H2,1-4H3,(H,25,28). The average molecular weight is 400 g/mol. The molecule has 2 heterocycles. The Balaban J connectivity index is 1.43. The van der Waals surface area contributed by atoms with Crippen LogP contribution in [-0.4, -0.2) is 45.8 Å². The largest absolute Gasteiger partial charge is 0.378 e. The minimum atomic E-state index is 0.0447. The number of hydrogen-bond donors (Lipinski definition) is 1. The number of imidazole rings is 1. The summed E-state index contributed by atoms with van der Waals surface area (Å²) in [5.74, 6) is 0. The van der Waals surface area contributed by atoms with Crippen LogP contribution in [0.15, 0.2) is 16.9 Å². The maximum absolute atomic E-state index is 12.7. The number of hydrogen-bond acceptors (Lipinski definition) is 3. The normalized spacial score (nSPS) is 27.0. The predicted octanol–water partition coefficient (Wildman–Crippen LogP) is 4.71. The van der Waals surface area contributed by atoms with Crippen molar-refractivity contribution in [3.63, 3.8) is 0 Å². The second kappa shape index (κ2) is 8.27. The van der Waals surface area contributed by atoms with Crippen LogP contribution < -0.4 is 5.69 Å². The van der Waals surface area contributed by atoms with Crippen molar-refractivity contribution in [2.24, 2.45) is 0 Å². The van der Waals surface area contributed by atoms with E-state index in [1.54, 1.807) is 0 Å². The van der Waals surface area contributed by atoms with Crippen molar-refractivity contribution in [2.45, 2.75) is 90.3 Å². The Kier molecular flexibility index (Phi) is 5.90. The first-order valence-electron chi connectivity index (χ1n) is 11.5. The quantitative estimate of drug-likeness (QED) is 0.792. The molecule has 1 saturated heterocycles. The molecule has 1 saturated carbocycles. The first-order chi connectivity index (χ1) is 13.9. The van der Waals surface area contributed by atoms with E-state index in [2.05, 4.69) is 49.7 Å². The summed E-state index contributed by atoms with van der Waals surface area (Å²) in [5.41, 5.74) is 4.84. The maximum atomic E-state index is 12.7. The topological polar surface area (TPSA) is 50.3 Å². The van der Waals surface area contributed by atoms with Crippen LogP contribution >= 0.6 is 0 Å². The predicted molar refractivity (Wildman–Crippen MR) is 119 cm³/mol. The van der Waals surface area contributed by atoms with Crippen molar-refractivity contribution < 1.29 is 4.74 Å². The Hall–Kier alpha value is -1.59. The van der Waals surface area contributed by atoms with Crippen LogP contribution in [0.5, 0.6) is 0 Å². The maximum Gasteiger partial charge on any atom is 0.326 e. The molecule has 1 aliphatic heterocycles. The van der Waals surface area contributed by atoms with Crippen LogP contribution in [0.4, 0.5) is 0 Å². The van der Waals surface area contributed by atoms with Gasteiger partial charge < -0.3 is 9.72 Å². The van der Waals surface area contributed by atoms with Gasteiger partial charge in [-0.2, -0.15) is 0 Å². The van der Waals surface area contributed by atoms with E-state index in [0.29, 0.717) is 12.1 Å². The van der Waals surface area contributed by atoms with Gasteiger partial charge in [0.2, 0.25) is 0 Å². The minimum Gasteiger partial charge on any atom is -0.378 e. The van der Waals surface area contributed by atoms with Crippen LogP contribution in [0, 0.1) is 13.8 Å². The zero-order valence-electron chi connectivity index (χ0n) is 18.6. The molecule has 2 aromatic rings. The summed E-state index contributed by atoms with van der Waals surface area (Å²) in [6, 6.07) is 4.58. The Labute approximate surface area is 174 Å². The number of piperidine rings is 1. The van der Waals surface area contributed by atoms with E-state index in [9.17, 15) is 4.79 Å².